The smallest absolute Gasteiger partial charge is 0.244 e. The van der Waals surface area contributed by atoms with E-state index >= 15 is 0 Å². The number of hydrogen-bond donors (Lipinski definition) is 0. The van der Waals surface area contributed by atoms with Gasteiger partial charge in [-0.1, -0.05) is 59.6 Å². The fraction of sp³-hybridized carbons (Fsp3) is 0.280. The quantitative estimate of drug-likeness (QED) is 0.384. The molecule has 1 fully saturated rings. The average molecular weight is 541 g/mol. The molecule has 3 aromatic rings. The van der Waals surface area contributed by atoms with Crippen LogP contribution in [0.15, 0.2) is 71.6 Å². The number of rotatable bonds is 8. The van der Waals surface area contributed by atoms with E-state index in [2.05, 4.69) is 4.90 Å². The molecule has 1 unspecified atom stereocenters. The summed E-state index contributed by atoms with van der Waals surface area (Å²) < 4.78 is 60.8. The highest BCUT2D eigenvalue weighted by molar-refractivity contribution is 7.89. The van der Waals surface area contributed by atoms with Crippen LogP contribution in [0.4, 0.5) is 8.78 Å². The van der Waals surface area contributed by atoms with Crippen LogP contribution in [0.5, 0.6) is 0 Å². The van der Waals surface area contributed by atoms with Crippen LogP contribution in [0, 0.1) is 11.6 Å². The largest absolute Gasteiger partial charge is 0.367 e. The molecule has 0 bridgehead atoms. The molecule has 1 atom stereocenters. The lowest BCUT2D eigenvalue weighted by Gasteiger charge is -2.34. The number of benzene rings is 3. The summed E-state index contributed by atoms with van der Waals surface area (Å²) >= 11 is 12.0. The molecule has 0 aliphatic carbocycles. The Labute approximate surface area is 213 Å². The summed E-state index contributed by atoms with van der Waals surface area (Å²) in [6.45, 7) is 2.56. The SMILES string of the molecule is O=S(=O)(c1ccc(Cl)cc1Cl)N1CCN(CCOC(c2ccccc2)c2ccc(F)c(F)c2)CC1. The van der Waals surface area contributed by atoms with E-state index in [0.29, 0.717) is 49.9 Å². The standard InChI is InChI=1S/C25H24Cl2F2N2O3S/c26-20-7-9-24(21(27)17-20)35(32,33)31-12-10-30(11-13-31)14-15-34-25(18-4-2-1-3-5-18)19-6-8-22(28)23(29)16-19/h1-9,16-17,25H,10-15H2. The lowest BCUT2D eigenvalue weighted by molar-refractivity contribution is 0.0525. The zero-order chi connectivity index (χ0) is 25.0. The second-order valence-corrected chi connectivity index (χ2v) is 10.9. The van der Waals surface area contributed by atoms with Crippen molar-refractivity contribution >= 4 is 33.2 Å². The zero-order valence-corrected chi connectivity index (χ0v) is 21.0. The molecule has 1 heterocycles. The van der Waals surface area contributed by atoms with Gasteiger partial charge in [-0.05, 0) is 41.5 Å². The number of hydrogen-bond acceptors (Lipinski definition) is 4. The van der Waals surface area contributed by atoms with E-state index in [1.54, 1.807) is 0 Å². The van der Waals surface area contributed by atoms with Crippen molar-refractivity contribution in [3.05, 3.63) is 99.5 Å². The van der Waals surface area contributed by atoms with Gasteiger partial charge in [0.05, 0.1) is 11.6 Å². The van der Waals surface area contributed by atoms with Crippen molar-refractivity contribution in [2.24, 2.45) is 0 Å². The summed E-state index contributed by atoms with van der Waals surface area (Å²) in [4.78, 5) is 2.14. The van der Waals surface area contributed by atoms with Gasteiger partial charge in [0, 0.05) is 37.7 Å². The van der Waals surface area contributed by atoms with Crippen LogP contribution in [0.3, 0.4) is 0 Å². The maximum Gasteiger partial charge on any atom is 0.244 e. The van der Waals surface area contributed by atoms with Crippen molar-refractivity contribution in [1.29, 1.82) is 0 Å². The third-order valence-corrected chi connectivity index (χ3v) is 8.50. The first-order valence-corrected chi connectivity index (χ1v) is 13.2. The fourth-order valence-corrected chi connectivity index (χ4v) is 6.17. The molecule has 35 heavy (non-hydrogen) atoms. The number of piperazine rings is 1. The summed E-state index contributed by atoms with van der Waals surface area (Å²) in [5.41, 5.74) is 1.35. The Morgan fingerprint density at radius 1 is 0.857 bits per heavy atom. The van der Waals surface area contributed by atoms with E-state index in [4.69, 9.17) is 27.9 Å². The van der Waals surface area contributed by atoms with Crippen molar-refractivity contribution in [3.63, 3.8) is 0 Å². The Morgan fingerprint density at radius 3 is 2.23 bits per heavy atom. The zero-order valence-electron chi connectivity index (χ0n) is 18.7. The highest BCUT2D eigenvalue weighted by Gasteiger charge is 2.30. The van der Waals surface area contributed by atoms with Gasteiger partial charge >= 0.3 is 0 Å². The summed E-state index contributed by atoms with van der Waals surface area (Å²) in [5, 5.41) is 0.466. The van der Waals surface area contributed by atoms with Crippen LogP contribution >= 0.6 is 23.2 Å². The lowest BCUT2D eigenvalue weighted by atomic mass is 10.0. The molecule has 10 heteroatoms. The van der Waals surface area contributed by atoms with E-state index in [0.717, 1.165) is 17.7 Å². The molecule has 5 nitrogen and oxygen atoms in total. The topological polar surface area (TPSA) is 49.9 Å². The summed E-state index contributed by atoms with van der Waals surface area (Å²) in [5.74, 6) is -1.83. The van der Waals surface area contributed by atoms with Gasteiger partial charge in [-0.3, -0.25) is 4.90 Å². The Kier molecular flexibility index (Phi) is 8.42. The maximum absolute atomic E-state index is 13.9. The number of nitrogens with zero attached hydrogens (tertiary/aromatic N) is 2. The monoisotopic (exact) mass is 540 g/mol. The van der Waals surface area contributed by atoms with Crippen molar-refractivity contribution in [2.45, 2.75) is 11.0 Å². The third-order valence-electron chi connectivity index (χ3n) is 5.88. The summed E-state index contributed by atoms with van der Waals surface area (Å²) in [6, 6.07) is 17.4. The number of ether oxygens (including phenoxy) is 1. The Morgan fingerprint density at radius 2 is 1.57 bits per heavy atom. The first kappa shape index (κ1) is 26.0. The molecule has 4 rings (SSSR count). The number of halogens is 4. The van der Waals surface area contributed by atoms with Gasteiger partial charge in [0.2, 0.25) is 10.0 Å². The molecule has 0 spiro atoms. The first-order chi connectivity index (χ1) is 16.8. The molecule has 0 amide bonds. The average Bonchev–Trinajstić information content (AvgIpc) is 2.84. The first-order valence-electron chi connectivity index (χ1n) is 11.0. The van der Waals surface area contributed by atoms with Gasteiger partial charge in [0.1, 0.15) is 11.0 Å². The highest BCUT2D eigenvalue weighted by Crippen LogP contribution is 2.29. The minimum absolute atomic E-state index is 0.0394. The van der Waals surface area contributed by atoms with Crippen LogP contribution in [-0.4, -0.2) is 57.0 Å². The molecule has 0 radical (unpaired) electrons. The van der Waals surface area contributed by atoms with Crippen molar-refractivity contribution in [3.8, 4) is 0 Å². The highest BCUT2D eigenvalue weighted by atomic mass is 35.5. The van der Waals surface area contributed by atoms with E-state index < -0.39 is 27.8 Å². The predicted octanol–water partition coefficient (Wildman–Crippen LogP) is 5.38. The van der Waals surface area contributed by atoms with Crippen LogP contribution in [0.25, 0.3) is 0 Å². The minimum atomic E-state index is -3.73. The van der Waals surface area contributed by atoms with Gasteiger partial charge < -0.3 is 4.74 Å². The minimum Gasteiger partial charge on any atom is -0.367 e. The molecular weight excluding hydrogens is 517 g/mol. The molecule has 1 saturated heterocycles. The van der Waals surface area contributed by atoms with Crippen LogP contribution in [-0.2, 0) is 14.8 Å². The fourth-order valence-electron chi connectivity index (χ4n) is 4.00. The summed E-state index contributed by atoms with van der Waals surface area (Å²) in [7, 11) is -3.73. The van der Waals surface area contributed by atoms with Crippen LogP contribution < -0.4 is 0 Å². The van der Waals surface area contributed by atoms with Gasteiger partial charge in [-0.2, -0.15) is 4.31 Å². The predicted molar refractivity (Wildman–Crippen MR) is 132 cm³/mol. The van der Waals surface area contributed by atoms with E-state index in [1.807, 2.05) is 30.3 Å². The van der Waals surface area contributed by atoms with Gasteiger partial charge in [0.25, 0.3) is 0 Å². The van der Waals surface area contributed by atoms with Gasteiger partial charge in [0.15, 0.2) is 11.6 Å². The molecule has 1 aliphatic heterocycles. The van der Waals surface area contributed by atoms with Crippen molar-refractivity contribution in [1.82, 2.24) is 9.21 Å². The van der Waals surface area contributed by atoms with Crippen molar-refractivity contribution < 1.29 is 21.9 Å². The normalized spacial score (nSPS) is 16.3. The summed E-state index contributed by atoms with van der Waals surface area (Å²) in [6.07, 6.45) is -0.556. The lowest BCUT2D eigenvalue weighted by Crippen LogP contribution is -2.49. The van der Waals surface area contributed by atoms with Crippen molar-refractivity contribution in [2.75, 3.05) is 39.3 Å². The number of sulfonamides is 1. The third kappa shape index (κ3) is 6.20. The van der Waals surface area contributed by atoms with Crippen LogP contribution in [0.2, 0.25) is 10.0 Å². The van der Waals surface area contributed by atoms with E-state index in [1.165, 1.54) is 28.6 Å². The maximum atomic E-state index is 13.9. The second kappa shape index (κ2) is 11.3. The van der Waals surface area contributed by atoms with E-state index in [9.17, 15) is 17.2 Å². The van der Waals surface area contributed by atoms with Gasteiger partial charge in [-0.25, -0.2) is 17.2 Å². The molecule has 0 N–H and O–H groups in total. The molecular formula is C25H24Cl2F2N2O3S. The molecule has 186 valence electrons. The van der Waals surface area contributed by atoms with Gasteiger partial charge in [-0.15, -0.1) is 0 Å². The van der Waals surface area contributed by atoms with E-state index in [-0.39, 0.29) is 9.92 Å². The Hall–Kier alpha value is -2.07. The molecule has 3 aromatic carbocycles. The van der Waals surface area contributed by atoms with Crippen LogP contribution in [0.1, 0.15) is 17.2 Å². The molecule has 1 aliphatic rings. The molecule has 0 saturated carbocycles. The second-order valence-electron chi connectivity index (χ2n) is 8.16. The Bertz CT molecular complexity index is 1270. The Balaban J connectivity index is 1.36. The molecule has 0 aromatic heterocycles.